The summed E-state index contributed by atoms with van der Waals surface area (Å²) >= 11 is 0. The molecule has 314 valence electrons. The molecule has 0 saturated carbocycles. The van der Waals surface area contributed by atoms with E-state index in [1.54, 1.807) is 0 Å². The van der Waals surface area contributed by atoms with Gasteiger partial charge in [-0.25, -0.2) is 9.59 Å². The highest BCUT2D eigenvalue weighted by Gasteiger charge is 2.38. The number of nitrogens with two attached hydrogens (primary N) is 5. The molecule has 16 heteroatoms. The number of carbonyl (C=O) groups excluding carboxylic acids is 1. The fraction of sp³-hybridized carbons (Fsp3) is 0.892. The Kier molecular flexibility index (Phi) is 36.7. The lowest BCUT2D eigenvalue weighted by Crippen LogP contribution is -2.45. The minimum Gasteiger partial charge on any atom is -0.475 e. The molecule has 0 radical (unpaired) electrons. The number of halogens is 3. The lowest BCUT2D eigenvalue weighted by Gasteiger charge is -2.31. The topological polar surface area (TPSA) is 239 Å². The number of carboxylic acids is 1. The number of carbonyl (C=O) groups is 2. The van der Waals surface area contributed by atoms with Gasteiger partial charge < -0.3 is 48.9 Å². The minimum atomic E-state index is -5.08. The second kappa shape index (κ2) is 37.3. The monoisotopic (exact) mass is 767 g/mol. The van der Waals surface area contributed by atoms with Gasteiger partial charge in [0.15, 0.2) is 11.9 Å². The number of aliphatic carboxylic acids is 1. The third-order valence-corrected chi connectivity index (χ3v) is 8.85. The van der Waals surface area contributed by atoms with Crippen LogP contribution in [0.5, 0.6) is 0 Å². The Morgan fingerprint density at radius 1 is 0.566 bits per heavy atom. The van der Waals surface area contributed by atoms with E-state index in [2.05, 4.69) is 20.1 Å². The molecular formula is C37H77F3N10O3. The number of rotatable bonds is 34. The summed E-state index contributed by atoms with van der Waals surface area (Å²) in [4.78, 5) is 31.3. The van der Waals surface area contributed by atoms with E-state index in [1.807, 2.05) is 0 Å². The number of alkyl halides is 3. The van der Waals surface area contributed by atoms with Crippen LogP contribution < -0.4 is 34.0 Å². The number of nitrogens with one attached hydrogen (secondary N) is 2. The number of nitrogens with zero attached hydrogens (tertiary/aromatic N) is 3. The van der Waals surface area contributed by atoms with Crippen molar-refractivity contribution >= 4 is 23.9 Å². The summed E-state index contributed by atoms with van der Waals surface area (Å²) in [5.74, 6) is -2.53. The van der Waals surface area contributed by atoms with Crippen molar-refractivity contribution in [1.29, 1.82) is 5.41 Å². The molecule has 0 atom stereocenters. The van der Waals surface area contributed by atoms with E-state index < -0.39 is 12.1 Å². The molecule has 0 aromatic heterocycles. The van der Waals surface area contributed by atoms with Crippen LogP contribution in [0.3, 0.4) is 0 Å². The zero-order valence-electron chi connectivity index (χ0n) is 32.8. The number of hydrogen-bond acceptors (Lipinski definition) is 6. The van der Waals surface area contributed by atoms with Crippen LogP contribution in [0, 0.1) is 5.41 Å². The summed E-state index contributed by atoms with van der Waals surface area (Å²) < 4.78 is 31.7. The number of aliphatic imine (C=N–C) groups is 1. The van der Waals surface area contributed by atoms with Gasteiger partial charge >= 0.3 is 18.2 Å². The quantitative estimate of drug-likeness (QED) is 0.0206. The number of carboxylic acid groups (broad SMARTS) is 1. The van der Waals surface area contributed by atoms with Gasteiger partial charge in [0.25, 0.3) is 0 Å². The van der Waals surface area contributed by atoms with Crippen LogP contribution in [0.1, 0.15) is 154 Å². The van der Waals surface area contributed by atoms with Gasteiger partial charge in [-0.2, -0.15) is 13.2 Å². The normalized spacial score (nSPS) is 11.0. The lowest BCUT2D eigenvalue weighted by atomic mass is 10.1. The van der Waals surface area contributed by atoms with Gasteiger partial charge in [-0.1, -0.05) is 103 Å². The summed E-state index contributed by atoms with van der Waals surface area (Å²) in [6.45, 7) is 6.45. The summed E-state index contributed by atoms with van der Waals surface area (Å²) in [5, 5.41) is 17.3. The van der Waals surface area contributed by atoms with Crippen LogP contribution in [0.25, 0.3) is 0 Å². The number of amides is 2. The molecule has 13 nitrogen and oxygen atoms in total. The number of urea groups is 1. The second-order valence-electron chi connectivity index (χ2n) is 13.8. The van der Waals surface area contributed by atoms with Gasteiger partial charge in [-0.3, -0.25) is 10.4 Å². The highest BCUT2D eigenvalue weighted by molar-refractivity contribution is 5.75. The fourth-order valence-electron chi connectivity index (χ4n) is 5.80. The Labute approximate surface area is 318 Å². The van der Waals surface area contributed by atoms with Crippen molar-refractivity contribution in [3.05, 3.63) is 0 Å². The fourth-order valence-corrected chi connectivity index (χ4v) is 5.80. The van der Waals surface area contributed by atoms with Crippen molar-refractivity contribution in [2.75, 3.05) is 52.4 Å². The Bertz CT molecular complexity index is 910. The van der Waals surface area contributed by atoms with Gasteiger partial charge in [0, 0.05) is 39.3 Å². The highest BCUT2D eigenvalue weighted by atomic mass is 19.4. The molecule has 2 amide bonds. The number of hydrogen-bond donors (Lipinski definition) is 8. The first-order chi connectivity index (χ1) is 25.4. The third-order valence-electron chi connectivity index (χ3n) is 8.85. The Morgan fingerprint density at radius 2 is 0.868 bits per heavy atom. The van der Waals surface area contributed by atoms with Gasteiger partial charge in [0.1, 0.15) is 0 Å². The smallest absolute Gasteiger partial charge is 0.475 e. The number of guanidine groups is 2. The average Bonchev–Trinajstić information content (AvgIpc) is 3.10. The van der Waals surface area contributed by atoms with Crippen molar-refractivity contribution < 1.29 is 27.9 Å². The van der Waals surface area contributed by atoms with Crippen molar-refractivity contribution in [2.45, 2.75) is 160 Å². The van der Waals surface area contributed by atoms with Crippen molar-refractivity contribution in [1.82, 2.24) is 15.1 Å². The van der Waals surface area contributed by atoms with Gasteiger partial charge in [0.2, 0.25) is 0 Å². The Balaban J connectivity index is 0. The second-order valence-corrected chi connectivity index (χ2v) is 13.8. The first-order valence-corrected chi connectivity index (χ1v) is 20.2. The van der Waals surface area contributed by atoms with E-state index in [0.29, 0.717) is 6.54 Å². The van der Waals surface area contributed by atoms with Crippen LogP contribution in [0.4, 0.5) is 18.0 Å². The molecule has 13 N–H and O–H groups in total. The standard InChI is InChI=1S/C35H76N10O.C2HF3O2/c36-25-17-9-1-5-13-21-29-44(31-23-15-7-3-11-19-27-42-33(38)39)35(46)45(30-22-14-6-2-10-18-26-37)32-24-16-8-4-12-20-28-43-34(40)41;3-2(4,5)1(6)7/h1-32,36-37H2,(H4,38,39,42)(H4,40,41,43);(H,6,7). The maximum atomic E-state index is 14.0. The summed E-state index contributed by atoms with van der Waals surface area (Å²) in [6.07, 6.45) is 22.5. The molecule has 0 unspecified atom stereocenters. The summed E-state index contributed by atoms with van der Waals surface area (Å²) in [6, 6.07) is 0.249. The highest BCUT2D eigenvalue weighted by Crippen LogP contribution is 2.15. The number of unbranched alkanes of at least 4 members (excludes halogenated alkanes) is 20. The largest absolute Gasteiger partial charge is 0.490 e. The van der Waals surface area contributed by atoms with Crippen LogP contribution in [0.2, 0.25) is 0 Å². The molecule has 0 heterocycles. The van der Waals surface area contributed by atoms with Gasteiger partial charge in [-0.15, -0.1) is 0 Å². The molecule has 0 aliphatic rings. The first-order valence-electron chi connectivity index (χ1n) is 20.2. The van der Waals surface area contributed by atoms with E-state index >= 15 is 0 Å². The van der Waals surface area contributed by atoms with E-state index in [9.17, 15) is 18.0 Å². The third kappa shape index (κ3) is 38.5. The lowest BCUT2D eigenvalue weighted by molar-refractivity contribution is -0.192. The molecule has 0 spiro atoms. The van der Waals surface area contributed by atoms with Crippen molar-refractivity contribution in [3.63, 3.8) is 0 Å². The predicted molar refractivity (Wildman–Crippen MR) is 212 cm³/mol. The van der Waals surface area contributed by atoms with E-state index in [-0.39, 0.29) is 18.0 Å². The molecule has 0 bridgehead atoms. The van der Waals surface area contributed by atoms with E-state index in [4.69, 9.17) is 44.0 Å². The summed E-state index contributed by atoms with van der Waals surface area (Å²) in [5.41, 5.74) is 27.5. The van der Waals surface area contributed by atoms with Crippen LogP contribution in [-0.2, 0) is 4.79 Å². The molecule has 0 aromatic carbocycles. The molecule has 0 fully saturated rings. The summed E-state index contributed by atoms with van der Waals surface area (Å²) in [7, 11) is 0. The SMILES string of the molecule is N=C(N)NCCCCCCCCN(CCCCCCCCN)C(=O)N(CCCCCCCCN)CCCCCCCCN=C(N)N.O=C(O)C(F)(F)F. The molecule has 0 saturated heterocycles. The van der Waals surface area contributed by atoms with Crippen molar-refractivity contribution in [2.24, 2.45) is 33.7 Å². The molecule has 0 rings (SSSR count). The molecule has 0 aromatic rings. The predicted octanol–water partition coefficient (Wildman–Crippen LogP) is 6.38. The van der Waals surface area contributed by atoms with Crippen LogP contribution in [-0.4, -0.2) is 97.4 Å². The van der Waals surface area contributed by atoms with E-state index in [1.165, 1.54) is 77.0 Å². The Hall–Kier alpha value is -3.01. The maximum Gasteiger partial charge on any atom is 0.490 e. The maximum absolute atomic E-state index is 14.0. The van der Waals surface area contributed by atoms with Crippen molar-refractivity contribution in [3.8, 4) is 0 Å². The van der Waals surface area contributed by atoms with Gasteiger partial charge in [0.05, 0.1) is 0 Å². The zero-order chi connectivity index (χ0) is 40.0. The Morgan fingerprint density at radius 3 is 1.17 bits per heavy atom. The van der Waals surface area contributed by atoms with Crippen LogP contribution in [0.15, 0.2) is 4.99 Å². The van der Waals surface area contributed by atoms with Crippen LogP contribution >= 0.6 is 0 Å². The minimum absolute atomic E-state index is 0.0489. The molecule has 0 aliphatic carbocycles. The molecule has 53 heavy (non-hydrogen) atoms. The zero-order valence-corrected chi connectivity index (χ0v) is 32.8. The van der Waals surface area contributed by atoms with Gasteiger partial charge in [-0.05, 0) is 64.5 Å². The molecule has 0 aliphatic heterocycles. The first kappa shape index (κ1) is 52.1. The molecular weight excluding hydrogens is 689 g/mol. The average molecular weight is 767 g/mol. The van der Waals surface area contributed by atoms with E-state index in [0.717, 1.165) is 123 Å².